The Labute approximate surface area is 124 Å². The largest absolute Gasteiger partial charge is 0.392 e. The van der Waals surface area contributed by atoms with Gasteiger partial charge in [0.15, 0.2) is 0 Å². The quantitative estimate of drug-likeness (QED) is 0.846. The van der Waals surface area contributed by atoms with Crippen molar-refractivity contribution >= 4 is 5.91 Å². The van der Waals surface area contributed by atoms with Crippen LogP contribution in [0.4, 0.5) is 13.2 Å². The van der Waals surface area contributed by atoms with Gasteiger partial charge in [-0.15, -0.1) is 0 Å². The highest BCUT2D eigenvalue weighted by Gasteiger charge is 2.41. The van der Waals surface area contributed by atoms with Crippen LogP contribution in [0.2, 0.25) is 0 Å². The van der Waals surface area contributed by atoms with E-state index < -0.39 is 18.2 Å². The molecule has 1 rings (SSSR count). The summed E-state index contributed by atoms with van der Waals surface area (Å²) in [7, 11) is 0. The van der Waals surface area contributed by atoms with Crippen molar-refractivity contribution in [2.24, 2.45) is 11.8 Å². The van der Waals surface area contributed by atoms with E-state index in [1.807, 2.05) is 13.8 Å². The summed E-state index contributed by atoms with van der Waals surface area (Å²) >= 11 is 0. The van der Waals surface area contributed by atoms with Gasteiger partial charge in [-0.05, 0) is 52.4 Å². The number of carbonyl (C=O) groups is 1. The molecule has 0 aliphatic heterocycles. The highest BCUT2D eigenvalue weighted by Crippen LogP contribution is 2.40. The molecule has 0 spiro atoms. The Morgan fingerprint density at radius 2 is 1.71 bits per heavy atom. The van der Waals surface area contributed by atoms with Crippen LogP contribution >= 0.6 is 0 Å². The van der Waals surface area contributed by atoms with Crippen LogP contribution in [0.3, 0.4) is 0 Å². The number of amides is 1. The zero-order chi connectivity index (χ0) is 16.2. The standard InChI is InChI=1S/C15H26F3NO2/c1-10(2)19(9-11(3)20)14(21)8-12-4-6-13(7-5-12)15(16,17)18/h10-13,20H,4-9H2,1-3H3/t11-,12?,13?/m0/s1. The lowest BCUT2D eigenvalue weighted by Crippen LogP contribution is -2.42. The van der Waals surface area contributed by atoms with Gasteiger partial charge < -0.3 is 10.0 Å². The summed E-state index contributed by atoms with van der Waals surface area (Å²) in [5.41, 5.74) is 0. The summed E-state index contributed by atoms with van der Waals surface area (Å²) < 4.78 is 37.8. The lowest BCUT2D eigenvalue weighted by atomic mass is 9.80. The molecule has 0 bridgehead atoms. The minimum Gasteiger partial charge on any atom is -0.392 e. The molecule has 0 aromatic heterocycles. The second-order valence-electron chi connectivity index (χ2n) is 6.45. The van der Waals surface area contributed by atoms with Crippen molar-refractivity contribution in [1.29, 1.82) is 0 Å². The first-order chi connectivity index (χ1) is 9.61. The van der Waals surface area contributed by atoms with Gasteiger partial charge in [0.1, 0.15) is 0 Å². The van der Waals surface area contributed by atoms with Crippen LogP contribution < -0.4 is 0 Å². The molecule has 1 N–H and O–H groups in total. The Morgan fingerprint density at radius 1 is 1.19 bits per heavy atom. The van der Waals surface area contributed by atoms with Crippen molar-refractivity contribution in [3.63, 3.8) is 0 Å². The molecular weight excluding hydrogens is 283 g/mol. The van der Waals surface area contributed by atoms with Crippen LogP contribution in [0.15, 0.2) is 0 Å². The molecule has 1 fully saturated rings. The first-order valence-corrected chi connectivity index (χ1v) is 7.65. The molecule has 0 unspecified atom stereocenters. The SMILES string of the molecule is CC(C)N(C[C@H](C)O)C(=O)CC1CCC(C(F)(F)F)CC1. The van der Waals surface area contributed by atoms with Gasteiger partial charge in [0.05, 0.1) is 12.0 Å². The second-order valence-corrected chi connectivity index (χ2v) is 6.45. The number of hydrogen-bond acceptors (Lipinski definition) is 2. The molecule has 3 nitrogen and oxygen atoms in total. The van der Waals surface area contributed by atoms with E-state index in [2.05, 4.69) is 0 Å². The number of halogens is 3. The third-order valence-electron chi connectivity index (χ3n) is 4.18. The highest BCUT2D eigenvalue weighted by atomic mass is 19.4. The Balaban J connectivity index is 2.48. The van der Waals surface area contributed by atoms with Crippen molar-refractivity contribution < 1.29 is 23.1 Å². The molecule has 0 saturated heterocycles. The van der Waals surface area contributed by atoms with E-state index in [0.717, 1.165) is 0 Å². The van der Waals surface area contributed by atoms with E-state index in [1.165, 1.54) is 0 Å². The Morgan fingerprint density at radius 3 is 2.10 bits per heavy atom. The smallest absolute Gasteiger partial charge is 0.391 e. The van der Waals surface area contributed by atoms with Gasteiger partial charge in [0.2, 0.25) is 5.91 Å². The Bertz CT molecular complexity index is 334. The average Bonchev–Trinajstić information content (AvgIpc) is 2.34. The van der Waals surface area contributed by atoms with Crippen LogP contribution in [0.1, 0.15) is 52.9 Å². The fraction of sp³-hybridized carbons (Fsp3) is 0.933. The molecule has 1 aliphatic carbocycles. The van der Waals surface area contributed by atoms with E-state index in [1.54, 1.807) is 11.8 Å². The maximum Gasteiger partial charge on any atom is 0.391 e. The zero-order valence-electron chi connectivity index (χ0n) is 13.0. The Kier molecular flexibility index (Phi) is 6.50. The maximum absolute atomic E-state index is 12.6. The van der Waals surface area contributed by atoms with E-state index in [-0.39, 0.29) is 43.7 Å². The minimum absolute atomic E-state index is 0.0152. The van der Waals surface area contributed by atoms with Gasteiger partial charge >= 0.3 is 6.18 Å². The van der Waals surface area contributed by atoms with Crippen molar-refractivity contribution in [3.05, 3.63) is 0 Å². The Hall–Kier alpha value is -0.780. The monoisotopic (exact) mass is 309 g/mol. The van der Waals surface area contributed by atoms with Crippen molar-refractivity contribution in [2.45, 2.75) is 71.2 Å². The number of aliphatic hydroxyl groups is 1. The van der Waals surface area contributed by atoms with Crippen LogP contribution in [0.25, 0.3) is 0 Å². The van der Waals surface area contributed by atoms with Gasteiger partial charge in [-0.1, -0.05) is 0 Å². The number of hydrogen-bond donors (Lipinski definition) is 1. The summed E-state index contributed by atoms with van der Waals surface area (Å²) in [6, 6.07) is -0.0152. The van der Waals surface area contributed by atoms with Gasteiger partial charge in [-0.3, -0.25) is 4.79 Å². The van der Waals surface area contributed by atoms with Crippen molar-refractivity contribution in [2.75, 3.05) is 6.54 Å². The van der Waals surface area contributed by atoms with Gasteiger partial charge in [-0.2, -0.15) is 13.2 Å². The lowest BCUT2D eigenvalue weighted by molar-refractivity contribution is -0.184. The fourth-order valence-corrected chi connectivity index (χ4v) is 2.94. The predicted octanol–water partition coefficient (Wildman–Crippen LogP) is 3.36. The molecule has 124 valence electrons. The predicted molar refractivity (Wildman–Crippen MR) is 74.6 cm³/mol. The first kappa shape index (κ1) is 18.3. The topological polar surface area (TPSA) is 40.5 Å². The van der Waals surface area contributed by atoms with Gasteiger partial charge in [0, 0.05) is 19.0 Å². The van der Waals surface area contributed by atoms with E-state index in [4.69, 9.17) is 0 Å². The molecule has 0 heterocycles. The molecule has 1 atom stereocenters. The van der Waals surface area contributed by atoms with Gasteiger partial charge in [-0.25, -0.2) is 0 Å². The first-order valence-electron chi connectivity index (χ1n) is 7.65. The van der Waals surface area contributed by atoms with E-state index in [9.17, 15) is 23.1 Å². The number of carbonyl (C=O) groups excluding carboxylic acids is 1. The molecule has 0 aromatic rings. The average molecular weight is 309 g/mol. The summed E-state index contributed by atoms with van der Waals surface area (Å²) in [6.07, 6.45) is -3.26. The number of alkyl halides is 3. The lowest BCUT2D eigenvalue weighted by Gasteiger charge is -2.33. The summed E-state index contributed by atoms with van der Waals surface area (Å²) in [5.74, 6) is -1.24. The number of aliphatic hydroxyl groups excluding tert-OH is 1. The molecule has 0 radical (unpaired) electrons. The van der Waals surface area contributed by atoms with E-state index >= 15 is 0 Å². The normalized spacial score (nSPS) is 25.0. The summed E-state index contributed by atoms with van der Waals surface area (Å²) in [4.78, 5) is 13.9. The summed E-state index contributed by atoms with van der Waals surface area (Å²) in [6.45, 7) is 5.65. The molecule has 0 aromatic carbocycles. The van der Waals surface area contributed by atoms with Gasteiger partial charge in [0.25, 0.3) is 0 Å². The third-order valence-corrected chi connectivity index (χ3v) is 4.18. The molecule has 1 amide bonds. The molecular formula is C15H26F3NO2. The van der Waals surface area contributed by atoms with Crippen LogP contribution in [0, 0.1) is 11.8 Å². The summed E-state index contributed by atoms with van der Waals surface area (Å²) in [5, 5.41) is 9.43. The second kappa shape index (κ2) is 7.47. The van der Waals surface area contributed by atoms with Crippen molar-refractivity contribution in [1.82, 2.24) is 4.90 Å². The number of nitrogens with zero attached hydrogens (tertiary/aromatic N) is 1. The maximum atomic E-state index is 12.6. The third kappa shape index (κ3) is 5.85. The minimum atomic E-state index is -4.11. The van der Waals surface area contributed by atoms with Crippen LogP contribution in [0.5, 0.6) is 0 Å². The zero-order valence-corrected chi connectivity index (χ0v) is 13.0. The van der Waals surface area contributed by atoms with Crippen LogP contribution in [-0.4, -0.2) is 40.8 Å². The number of rotatable bonds is 5. The highest BCUT2D eigenvalue weighted by molar-refractivity contribution is 5.76. The van der Waals surface area contributed by atoms with Crippen molar-refractivity contribution in [3.8, 4) is 0 Å². The van der Waals surface area contributed by atoms with E-state index in [0.29, 0.717) is 12.8 Å². The molecule has 6 heteroatoms. The molecule has 1 aliphatic rings. The molecule has 21 heavy (non-hydrogen) atoms. The molecule has 1 saturated carbocycles. The van der Waals surface area contributed by atoms with Crippen LogP contribution in [-0.2, 0) is 4.79 Å². The fourth-order valence-electron chi connectivity index (χ4n) is 2.94.